The minimum atomic E-state index is -0.599. The smallest absolute Gasteiger partial charge is 0.345 e. The molecule has 2 aliphatic rings. The van der Waals surface area contributed by atoms with E-state index in [2.05, 4.69) is 25.4 Å². The number of nitrogens with one attached hydrogen (secondary N) is 1. The van der Waals surface area contributed by atoms with Crippen LogP contribution >= 0.6 is 11.8 Å². The summed E-state index contributed by atoms with van der Waals surface area (Å²) in [5.74, 6) is 0.339. The quantitative estimate of drug-likeness (QED) is 0.871. The molecule has 2 aliphatic heterocycles. The average molecular weight is 373 g/mol. The van der Waals surface area contributed by atoms with E-state index in [9.17, 15) is 4.79 Å². The summed E-state index contributed by atoms with van der Waals surface area (Å²) in [5.41, 5.74) is 0.826. The first-order valence-corrected chi connectivity index (χ1v) is 9.22. The molecule has 0 radical (unpaired) electrons. The van der Waals surface area contributed by atoms with Gasteiger partial charge in [-0.25, -0.2) is 0 Å². The molecule has 4 rings (SSSR count). The highest BCUT2D eigenvalue weighted by molar-refractivity contribution is 8.16. The van der Waals surface area contributed by atoms with Crippen LogP contribution in [0.5, 0.6) is 0 Å². The zero-order valence-corrected chi connectivity index (χ0v) is 15.2. The van der Waals surface area contributed by atoms with Gasteiger partial charge in [0.05, 0.1) is 13.2 Å². The SMILES string of the molecule is CC1(CN2CCOCC2)S/C(=N/c2nnc(-c3ccccc3)o2)NC1=O. The van der Waals surface area contributed by atoms with E-state index in [1.165, 1.54) is 11.8 Å². The van der Waals surface area contributed by atoms with E-state index in [1.54, 1.807) is 0 Å². The Hall–Kier alpha value is -2.23. The standard InChI is InChI=1S/C17H19N5O3S/c1-17(11-22-7-9-24-10-8-22)14(23)18-16(26-17)19-15-21-20-13(25-15)12-5-3-2-4-6-12/h2-6H,7-11H2,1H3,(H,18,19,21,23). The number of thioether (sulfide) groups is 1. The maximum absolute atomic E-state index is 12.5. The summed E-state index contributed by atoms with van der Waals surface area (Å²) in [5, 5.41) is 11.3. The summed E-state index contributed by atoms with van der Waals surface area (Å²) < 4.78 is 10.3. The summed E-state index contributed by atoms with van der Waals surface area (Å²) in [6.07, 6.45) is 0. The number of aromatic nitrogens is 2. The summed E-state index contributed by atoms with van der Waals surface area (Å²) in [6.45, 7) is 5.64. The number of nitrogens with zero attached hydrogens (tertiary/aromatic N) is 4. The van der Waals surface area contributed by atoms with E-state index < -0.39 is 4.75 Å². The van der Waals surface area contributed by atoms with Crippen molar-refractivity contribution in [2.24, 2.45) is 4.99 Å². The van der Waals surface area contributed by atoms with Crippen molar-refractivity contribution < 1.29 is 13.9 Å². The van der Waals surface area contributed by atoms with Crippen molar-refractivity contribution in [1.29, 1.82) is 0 Å². The fourth-order valence-corrected chi connectivity index (χ4v) is 3.99. The third-order valence-corrected chi connectivity index (χ3v) is 5.44. The van der Waals surface area contributed by atoms with Gasteiger partial charge >= 0.3 is 6.01 Å². The average Bonchev–Trinajstić information content (AvgIpc) is 3.21. The molecule has 2 aromatic rings. The van der Waals surface area contributed by atoms with Gasteiger partial charge in [-0.05, 0) is 19.1 Å². The molecule has 2 saturated heterocycles. The van der Waals surface area contributed by atoms with Crippen molar-refractivity contribution in [3.63, 3.8) is 0 Å². The van der Waals surface area contributed by atoms with Gasteiger partial charge in [0.2, 0.25) is 11.8 Å². The Morgan fingerprint density at radius 3 is 2.81 bits per heavy atom. The van der Waals surface area contributed by atoms with Crippen LogP contribution in [0.4, 0.5) is 6.01 Å². The number of carbonyl (C=O) groups excluding carboxylic acids is 1. The molecule has 8 nitrogen and oxygen atoms in total. The van der Waals surface area contributed by atoms with Crippen LogP contribution in [0.15, 0.2) is 39.7 Å². The first-order chi connectivity index (χ1) is 12.6. The van der Waals surface area contributed by atoms with E-state index in [-0.39, 0.29) is 11.9 Å². The zero-order valence-electron chi connectivity index (χ0n) is 14.3. The molecule has 26 heavy (non-hydrogen) atoms. The van der Waals surface area contributed by atoms with Gasteiger partial charge in [-0.1, -0.05) is 35.1 Å². The van der Waals surface area contributed by atoms with Crippen LogP contribution in [0.25, 0.3) is 11.5 Å². The number of amides is 1. The van der Waals surface area contributed by atoms with Crippen molar-refractivity contribution in [1.82, 2.24) is 20.4 Å². The highest BCUT2D eigenvalue weighted by atomic mass is 32.2. The van der Waals surface area contributed by atoms with Gasteiger partial charge in [0.15, 0.2) is 5.17 Å². The predicted octanol–water partition coefficient (Wildman–Crippen LogP) is 1.68. The van der Waals surface area contributed by atoms with Crippen LogP contribution in [-0.2, 0) is 9.53 Å². The molecule has 1 aromatic heterocycles. The molecular weight excluding hydrogens is 354 g/mol. The fraction of sp³-hybridized carbons (Fsp3) is 0.412. The molecule has 0 aliphatic carbocycles. The van der Waals surface area contributed by atoms with E-state index in [0.29, 0.717) is 30.8 Å². The van der Waals surface area contributed by atoms with E-state index in [4.69, 9.17) is 9.15 Å². The van der Waals surface area contributed by atoms with Crippen molar-refractivity contribution >= 4 is 28.9 Å². The van der Waals surface area contributed by atoms with E-state index in [1.807, 2.05) is 37.3 Å². The van der Waals surface area contributed by atoms with Gasteiger partial charge in [-0.3, -0.25) is 9.69 Å². The van der Waals surface area contributed by atoms with Crippen LogP contribution in [-0.4, -0.2) is 63.8 Å². The summed E-state index contributed by atoms with van der Waals surface area (Å²) in [6, 6.07) is 9.61. The van der Waals surface area contributed by atoms with Crippen LogP contribution in [0.3, 0.4) is 0 Å². The van der Waals surface area contributed by atoms with Crippen molar-refractivity contribution in [3.8, 4) is 11.5 Å². The molecule has 136 valence electrons. The maximum atomic E-state index is 12.5. The monoisotopic (exact) mass is 373 g/mol. The molecule has 1 N–H and O–H groups in total. The lowest BCUT2D eigenvalue weighted by Gasteiger charge is -2.32. The highest BCUT2D eigenvalue weighted by Crippen LogP contribution is 2.34. The maximum Gasteiger partial charge on any atom is 0.345 e. The molecule has 1 amide bonds. The van der Waals surface area contributed by atoms with Crippen LogP contribution in [0.1, 0.15) is 6.92 Å². The van der Waals surface area contributed by atoms with E-state index >= 15 is 0 Å². The van der Waals surface area contributed by atoms with Crippen molar-refractivity contribution in [2.45, 2.75) is 11.7 Å². The van der Waals surface area contributed by atoms with Gasteiger partial charge in [-0.2, -0.15) is 4.99 Å². The minimum Gasteiger partial charge on any atom is -0.402 e. The predicted molar refractivity (Wildman–Crippen MR) is 98.2 cm³/mol. The lowest BCUT2D eigenvalue weighted by atomic mass is 10.1. The molecule has 0 spiro atoms. The number of amidine groups is 1. The molecule has 2 fully saturated rings. The number of hydrogen-bond acceptors (Lipinski definition) is 8. The van der Waals surface area contributed by atoms with E-state index in [0.717, 1.165) is 18.7 Å². The topological polar surface area (TPSA) is 92.8 Å². The number of benzene rings is 1. The van der Waals surface area contributed by atoms with Crippen LogP contribution in [0.2, 0.25) is 0 Å². The second-order valence-electron chi connectivity index (χ2n) is 6.35. The van der Waals surface area contributed by atoms with Gasteiger partial charge < -0.3 is 14.5 Å². The Kier molecular flexibility index (Phi) is 4.75. The third-order valence-electron chi connectivity index (χ3n) is 4.28. The minimum absolute atomic E-state index is 0.0597. The molecule has 9 heteroatoms. The van der Waals surface area contributed by atoms with Crippen molar-refractivity contribution in [2.75, 3.05) is 32.8 Å². The molecule has 0 bridgehead atoms. The Balaban J connectivity index is 1.47. The van der Waals surface area contributed by atoms with Gasteiger partial charge in [0.25, 0.3) is 0 Å². The first kappa shape index (κ1) is 17.2. The zero-order chi connectivity index (χ0) is 18.0. The number of ether oxygens (including phenoxy) is 1. The lowest BCUT2D eigenvalue weighted by molar-refractivity contribution is -0.122. The number of rotatable bonds is 4. The second-order valence-corrected chi connectivity index (χ2v) is 7.84. The lowest BCUT2D eigenvalue weighted by Crippen LogP contribution is -2.48. The van der Waals surface area contributed by atoms with Gasteiger partial charge in [-0.15, -0.1) is 5.10 Å². The number of hydrogen-bond donors (Lipinski definition) is 1. The Morgan fingerprint density at radius 2 is 2.04 bits per heavy atom. The van der Waals surface area contributed by atoms with Gasteiger partial charge in [0, 0.05) is 25.2 Å². The second kappa shape index (κ2) is 7.18. The largest absolute Gasteiger partial charge is 0.402 e. The number of morpholine rings is 1. The Labute approximate surface area is 155 Å². The number of aliphatic imine (C=N–C) groups is 1. The first-order valence-electron chi connectivity index (χ1n) is 8.41. The summed E-state index contributed by atoms with van der Waals surface area (Å²) in [7, 11) is 0. The third kappa shape index (κ3) is 3.64. The molecule has 3 heterocycles. The molecule has 1 atom stereocenters. The highest BCUT2D eigenvalue weighted by Gasteiger charge is 2.44. The van der Waals surface area contributed by atoms with Gasteiger partial charge in [0.1, 0.15) is 4.75 Å². The van der Waals surface area contributed by atoms with Crippen LogP contribution in [0, 0.1) is 0 Å². The Bertz CT molecular complexity index is 819. The molecular formula is C17H19N5O3S. The number of carbonyl (C=O) groups is 1. The normalized spacial score (nSPS) is 25.6. The van der Waals surface area contributed by atoms with Crippen molar-refractivity contribution in [3.05, 3.63) is 30.3 Å². The molecule has 1 unspecified atom stereocenters. The molecule has 1 aromatic carbocycles. The summed E-state index contributed by atoms with van der Waals surface area (Å²) in [4.78, 5) is 19.0. The Morgan fingerprint density at radius 1 is 1.27 bits per heavy atom. The summed E-state index contributed by atoms with van der Waals surface area (Å²) >= 11 is 1.39. The fourth-order valence-electron chi connectivity index (χ4n) is 2.90. The molecule has 0 saturated carbocycles. The van der Waals surface area contributed by atoms with Crippen LogP contribution < -0.4 is 5.32 Å².